The van der Waals surface area contributed by atoms with Crippen molar-refractivity contribution in [3.05, 3.63) is 42.5 Å². The first-order chi connectivity index (χ1) is 13.6. The number of nitrogens with one attached hydrogen (secondary N) is 1. The Morgan fingerprint density at radius 1 is 1.11 bits per heavy atom. The van der Waals surface area contributed by atoms with Crippen LogP contribution >= 0.6 is 0 Å². The molecule has 1 aromatic carbocycles. The number of carbonyl (C=O) groups is 2. The SMILES string of the molecule is C=CC(=O)NCCCc1ccc(OC(=O)C2CCC(CCCCC)CC2)cc1. The van der Waals surface area contributed by atoms with Gasteiger partial charge in [0.1, 0.15) is 5.75 Å². The van der Waals surface area contributed by atoms with Crippen LogP contribution in [0.25, 0.3) is 0 Å². The van der Waals surface area contributed by atoms with E-state index in [2.05, 4.69) is 18.8 Å². The lowest BCUT2D eigenvalue weighted by atomic mass is 9.80. The summed E-state index contributed by atoms with van der Waals surface area (Å²) in [6, 6.07) is 7.71. The van der Waals surface area contributed by atoms with Crippen molar-refractivity contribution in [3.63, 3.8) is 0 Å². The molecule has 0 aromatic heterocycles. The van der Waals surface area contributed by atoms with E-state index in [9.17, 15) is 9.59 Å². The molecule has 1 aromatic rings. The van der Waals surface area contributed by atoms with Crippen molar-refractivity contribution in [3.8, 4) is 5.75 Å². The highest BCUT2D eigenvalue weighted by Gasteiger charge is 2.27. The average molecular weight is 386 g/mol. The van der Waals surface area contributed by atoms with E-state index in [1.165, 1.54) is 37.3 Å². The summed E-state index contributed by atoms with van der Waals surface area (Å²) in [7, 11) is 0. The molecule has 28 heavy (non-hydrogen) atoms. The Morgan fingerprint density at radius 3 is 2.46 bits per heavy atom. The number of amides is 1. The Kier molecular flexibility index (Phi) is 9.81. The Hall–Kier alpha value is -2.10. The summed E-state index contributed by atoms with van der Waals surface area (Å²) < 4.78 is 5.61. The fraction of sp³-hybridized carbons (Fsp3) is 0.583. The highest BCUT2D eigenvalue weighted by Crippen LogP contribution is 2.33. The van der Waals surface area contributed by atoms with Crippen LogP contribution in [0.5, 0.6) is 5.75 Å². The lowest BCUT2D eigenvalue weighted by Gasteiger charge is -2.27. The zero-order valence-corrected chi connectivity index (χ0v) is 17.3. The maximum absolute atomic E-state index is 12.5. The van der Waals surface area contributed by atoms with Gasteiger partial charge in [0.05, 0.1) is 5.92 Å². The molecule has 0 atom stereocenters. The van der Waals surface area contributed by atoms with Gasteiger partial charge in [-0.15, -0.1) is 0 Å². The first kappa shape index (κ1) is 22.2. The van der Waals surface area contributed by atoms with Crippen LogP contribution in [0.15, 0.2) is 36.9 Å². The van der Waals surface area contributed by atoms with Gasteiger partial charge in [0, 0.05) is 6.54 Å². The number of unbranched alkanes of at least 4 members (excludes halogenated alkanes) is 2. The zero-order chi connectivity index (χ0) is 20.2. The molecular formula is C24H35NO3. The molecule has 4 nitrogen and oxygen atoms in total. The summed E-state index contributed by atoms with van der Waals surface area (Å²) >= 11 is 0. The normalized spacial score (nSPS) is 19.0. The monoisotopic (exact) mass is 385 g/mol. The van der Waals surface area contributed by atoms with Gasteiger partial charge in [-0.1, -0.05) is 51.3 Å². The molecule has 0 unspecified atom stereocenters. The van der Waals surface area contributed by atoms with E-state index in [-0.39, 0.29) is 17.8 Å². The zero-order valence-electron chi connectivity index (χ0n) is 17.3. The van der Waals surface area contributed by atoms with Crippen LogP contribution in [0.1, 0.15) is 70.3 Å². The molecule has 1 N–H and O–H groups in total. The van der Waals surface area contributed by atoms with Crippen LogP contribution < -0.4 is 10.1 Å². The first-order valence-electron chi connectivity index (χ1n) is 10.8. The lowest BCUT2D eigenvalue weighted by Crippen LogP contribution is -2.25. The quantitative estimate of drug-likeness (QED) is 0.246. The fourth-order valence-corrected chi connectivity index (χ4v) is 3.87. The third kappa shape index (κ3) is 7.87. The summed E-state index contributed by atoms with van der Waals surface area (Å²) in [6.07, 6.45) is 12.5. The van der Waals surface area contributed by atoms with Crippen molar-refractivity contribution in [2.75, 3.05) is 6.54 Å². The Balaban J connectivity index is 1.68. The molecule has 2 rings (SSSR count). The van der Waals surface area contributed by atoms with Gasteiger partial charge < -0.3 is 10.1 Å². The second-order valence-electron chi connectivity index (χ2n) is 7.88. The van der Waals surface area contributed by atoms with E-state index in [1.54, 1.807) is 0 Å². The van der Waals surface area contributed by atoms with E-state index in [0.717, 1.165) is 44.4 Å². The van der Waals surface area contributed by atoms with Crippen molar-refractivity contribution in [1.29, 1.82) is 0 Å². The maximum Gasteiger partial charge on any atom is 0.314 e. The molecule has 0 saturated heterocycles. The number of esters is 1. The molecule has 0 radical (unpaired) electrons. The summed E-state index contributed by atoms with van der Waals surface area (Å²) in [5.41, 5.74) is 1.17. The average Bonchev–Trinajstić information content (AvgIpc) is 2.72. The number of aryl methyl sites for hydroxylation is 1. The fourth-order valence-electron chi connectivity index (χ4n) is 3.87. The summed E-state index contributed by atoms with van der Waals surface area (Å²) in [6.45, 7) is 6.30. The molecule has 154 valence electrons. The minimum absolute atomic E-state index is 0.0515. The molecule has 0 heterocycles. The van der Waals surface area contributed by atoms with Gasteiger partial charge in [-0.2, -0.15) is 0 Å². The first-order valence-corrected chi connectivity index (χ1v) is 10.8. The van der Waals surface area contributed by atoms with Crippen molar-refractivity contribution in [2.24, 2.45) is 11.8 Å². The van der Waals surface area contributed by atoms with Crippen LogP contribution in [0.4, 0.5) is 0 Å². The molecule has 0 aliphatic heterocycles. The van der Waals surface area contributed by atoms with Crippen molar-refractivity contribution < 1.29 is 14.3 Å². The number of carbonyl (C=O) groups excluding carboxylic acids is 2. The van der Waals surface area contributed by atoms with Gasteiger partial charge >= 0.3 is 5.97 Å². The van der Waals surface area contributed by atoms with E-state index in [1.807, 2.05) is 24.3 Å². The standard InChI is InChI=1S/C24H35NO3/c1-3-5-6-8-19-10-14-21(15-11-19)24(27)28-22-16-12-20(13-17-22)9-7-18-25-23(26)4-2/h4,12-13,16-17,19,21H,2-3,5-11,14-15,18H2,1H3,(H,25,26). The summed E-state index contributed by atoms with van der Waals surface area (Å²) in [5.74, 6) is 1.25. The number of hydrogen-bond donors (Lipinski definition) is 1. The van der Waals surface area contributed by atoms with E-state index < -0.39 is 0 Å². The molecule has 0 spiro atoms. The van der Waals surface area contributed by atoms with Gasteiger partial charge in [-0.05, 0) is 68.2 Å². The molecule has 0 bridgehead atoms. The minimum atomic E-state index is -0.141. The maximum atomic E-state index is 12.5. The lowest BCUT2D eigenvalue weighted by molar-refractivity contribution is -0.140. The molecule has 1 amide bonds. The van der Waals surface area contributed by atoms with E-state index >= 15 is 0 Å². The Morgan fingerprint density at radius 2 is 1.82 bits per heavy atom. The molecule has 4 heteroatoms. The molecule has 1 saturated carbocycles. The highest BCUT2D eigenvalue weighted by molar-refractivity contribution is 5.86. The summed E-state index contributed by atoms with van der Waals surface area (Å²) in [4.78, 5) is 23.6. The second kappa shape index (κ2) is 12.4. The highest BCUT2D eigenvalue weighted by atomic mass is 16.5. The Bertz CT molecular complexity index is 615. The van der Waals surface area contributed by atoms with E-state index in [0.29, 0.717) is 12.3 Å². The van der Waals surface area contributed by atoms with Crippen LogP contribution in [0, 0.1) is 11.8 Å². The van der Waals surface area contributed by atoms with Crippen LogP contribution in [0.3, 0.4) is 0 Å². The second-order valence-corrected chi connectivity index (χ2v) is 7.88. The smallest absolute Gasteiger partial charge is 0.314 e. The number of benzene rings is 1. The number of hydrogen-bond acceptors (Lipinski definition) is 3. The van der Waals surface area contributed by atoms with Crippen LogP contribution in [-0.2, 0) is 16.0 Å². The third-order valence-electron chi connectivity index (χ3n) is 5.66. The molecule has 1 aliphatic rings. The van der Waals surface area contributed by atoms with Gasteiger partial charge in [-0.3, -0.25) is 9.59 Å². The predicted molar refractivity (Wildman–Crippen MR) is 113 cm³/mol. The summed E-state index contributed by atoms with van der Waals surface area (Å²) in [5, 5.41) is 2.77. The molecule has 1 fully saturated rings. The minimum Gasteiger partial charge on any atom is -0.426 e. The van der Waals surface area contributed by atoms with Crippen LogP contribution in [0.2, 0.25) is 0 Å². The molecule has 1 aliphatic carbocycles. The van der Waals surface area contributed by atoms with Crippen molar-refractivity contribution in [2.45, 2.75) is 71.1 Å². The van der Waals surface area contributed by atoms with Gasteiger partial charge in [0.25, 0.3) is 0 Å². The van der Waals surface area contributed by atoms with Crippen molar-refractivity contribution in [1.82, 2.24) is 5.32 Å². The Labute approximate surface area is 169 Å². The van der Waals surface area contributed by atoms with Gasteiger partial charge in [0.2, 0.25) is 5.91 Å². The third-order valence-corrected chi connectivity index (χ3v) is 5.66. The topological polar surface area (TPSA) is 55.4 Å². The number of rotatable bonds is 11. The number of ether oxygens (including phenoxy) is 1. The largest absolute Gasteiger partial charge is 0.426 e. The van der Waals surface area contributed by atoms with Gasteiger partial charge in [-0.25, -0.2) is 0 Å². The van der Waals surface area contributed by atoms with Crippen molar-refractivity contribution >= 4 is 11.9 Å². The van der Waals surface area contributed by atoms with Crippen LogP contribution in [-0.4, -0.2) is 18.4 Å². The van der Waals surface area contributed by atoms with E-state index in [4.69, 9.17) is 4.74 Å². The predicted octanol–water partition coefficient (Wildman–Crippen LogP) is 5.21. The van der Waals surface area contributed by atoms with Gasteiger partial charge in [0.15, 0.2) is 0 Å². The molecular weight excluding hydrogens is 350 g/mol.